The van der Waals surface area contributed by atoms with Crippen LogP contribution < -0.4 is 0 Å². The Bertz CT molecular complexity index is 389. The number of nitrogens with zero attached hydrogens (tertiary/aromatic N) is 1. The molecule has 0 saturated carbocycles. The van der Waals surface area contributed by atoms with Gasteiger partial charge in [0.25, 0.3) is 0 Å². The van der Waals surface area contributed by atoms with Gasteiger partial charge in [-0.1, -0.05) is 26.0 Å². The molecule has 0 bridgehead atoms. The van der Waals surface area contributed by atoms with Crippen LogP contribution in [-0.4, -0.2) is 29.6 Å². The lowest BCUT2D eigenvalue weighted by atomic mass is 9.95. The number of carbonyl (C=O) groups is 1. The lowest BCUT2D eigenvalue weighted by Gasteiger charge is -2.25. The number of carbonyl (C=O) groups excluding carboxylic acids is 1. The van der Waals surface area contributed by atoms with Gasteiger partial charge in [0.05, 0.1) is 12.5 Å². The van der Waals surface area contributed by atoms with Crippen molar-refractivity contribution in [3.8, 4) is 0 Å². The number of hydrogen-bond acceptors (Lipinski definition) is 2. The fourth-order valence-corrected chi connectivity index (χ4v) is 1.80. The molecule has 3 nitrogen and oxygen atoms in total. The van der Waals surface area contributed by atoms with Crippen LogP contribution in [0.15, 0.2) is 24.3 Å². The summed E-state index contributed by atoms with van der Waals surface area (Å²) in [5.41, 5.74) is 0.868. The fraction of sp³-hybridized carbons (Fsp3) is 0.500. The first-order valence-corrected chi connectivity index (χ1v) is 6.06. The van der Waals surface area contributed by atoms with Gasteiger partial charge < -0.3 is 10.0 Å². The number of hydrogen-bond donors (Lipinski definition) is 1. The van der Waals surface area contributed by atoms with Crippen LogP contribution in [0.2, 0.25) is 0 Å². The molecule has 0 saturated heterocycles. The zero-order valence-electron chi connectivity index (χ0n) is 11.1. The second-order valence-electron chi connectivity index (χ2n) is 4.85. The van der Waals surface area contributed by atoms with Gasteiger partial charge in [-0.15, -0.1) is 0 Å². The summed E-state index contributed by atoms with van der Waals surface area (Å²) in [6.07, 6.45) is 0. The Morgan fingerprint density at radius 1 is 1.33 bits per heavy atom. The van der Waals surface area contributed by atoms with Crippen molar-refractivity contribution >= 4 is 5.91 Å². The molecule has 0 aromatic heterocycles. The van der Waals surface area contributed by atoms with Crippen molar-refractivity contribution in [2.75, 3.05) is 13.7 Å². The topological polar surface area (TPSA) is 40.5 Å². The fourth-order valence-electron chi connectivity index (χ4n) is 1.80. The number of aliphatic hydroxyl groups is 1. The van der Waals surface area contributed by atoms with E-state index in [2.05, 4.69) is 0 Å². The summed E-state index contributed by atoms with van der Waals surface area (Å²) in [5, 5.41) is 9.22. The first kappa shape index (κ1) is 14.6. The van der Waals surface area contributed by atoms with Crippen molar-refractivity contribution in [2.45, 2.75) is 20.4 Å². The van der Waals surface area contributed by atoms with Crippen LogP contribution in [-0.2, 0) is 11.3 Å². The minimum absolute atomic E-state index is 0.0863. The van der Waals surface area contributed by atoms with E-state index in [1.807, 2.05) is 13.8 Å². The van der Waals surface area contributed by atoms with Crippen LogP contribution in [0.1, 0.15) is 19.4 Å². The molecule has 100 valence electrons. The van der Waals surface area contributed by atoms with E-state index in [9.17, 15) is 14.3 Å². The van der Waals surface area contributed by atoms with Crippen molar-refractivity contribution < 1.29 is 14.3 Å². The van der Waals surface area contributed by atoms with Crippen LogP contribution in [0.25, 0.3) is 0 Å². The van der Waals surface area contributed by atoms with E-state index in [0.717, 1.165) is 5.56 Å². The highest BCUT2D eigenvalue weighted by molar-refractivity contribution is 5.78. The number of aliphatic hydroxyl groups excluding tert-OH is 1. The summed E-state index contributed by atoms with van der Waals surface area (Å²) in [7, 11) is 1.69. The van der Waals surface area contributed by atoms with Crippen LogP contribution >= 0.6 is 0 Å². The molecular weight excluding hydrogens is 233 g/mol. The van der Waals surface area contributed by atoms with Crippen molar-refractivity contribution in [1.29, 1.82) is 0 Å². The molecule has 1 unspecified atom stereocenters. The van der Waals surface area contributed by atoms with E-state index in [0.29, 0.717) is 6.54 Å². The second kappa shape index (κ2) is 6.50. The molecule has 4 heteroatoms. The Labute approximate surface area is 107 Å². The summed E-state index contributed by atoms with van der Waals surface area (Å²) in [5.74, 6) is -0.659. The number of halogens is 1. The molecule has 1 rings (SSSR count). The molecule has 0 aliphatic rings. The quantitative estimate of drug-likeness (QED) is 0.872. The molecule has 0 radical (unpaired) electrons. The summed E-state index contributed by atoms with van der Waals surface area (Å²) < 4.78 is 12.8. The van der Waals surface area contributed by atoms with Crippen LogP contribution in [0.3, 0.4) is 0 Å². The summed E-state index contributed by atoms with van der Waals surface area (Å²) >= 11 is 0. The van der Waals surface area contributed by atoms with Crippen LogP contribution in [0, 0.1) is 17.7 Å². The van der Waals surface area contributed by atoms with Crippen molar-refractivity contribution in [1.82, 2.24) is 4.90 Å². The van der Waals surface area contributed by atoms with Crippen LogP contribution in [0.5, 0.6) is 0 Å². The third kappa shape index (κ3) is 3.81. The normalized spacial score (nSPS) is 12.6. The Morgan fingerprint density at radius 3 is 2.33 bits per heavy atom. The van der Waals surface area contributed by atoms with E-state index < -0.39 is 0 Å². The largest absolute Gasteiger partial charge is 0.396 e. The van der Waals surface area contributed by atoms with Crippen molar-refractivity contribution in [2.24, 2.45) is 11.8 Å². The molecule has 0 aliphatic heterocycles. The predicted molar refractivity (Wildman–Crippen MR) is 68.3 cm³/mol. The molecule has 1 aromatic rings. The van der Waals surface area contributed by atoms with Crippen molar-refractivity contribution in [3.05, 3.63) is 35.6 Å². The molecular formula is C14H20FNO2. The first-order chi connectivity index (χ1) is 8.45. The Hall–Kier alpha value is -1.42. The lowest BCUT2D eigenvalue weighted by Crippen LogP contribution is -2.36. The molecule has 0 heterocycles. The number of benzene rings is 1. The van der Waals surface area contributed by atoms with E-state index >= 15 is 0 Å². The predicted octanol–water partition coefficient (Wildman–Crippen LogP) is 2.05. The van der Waals surface area contributed by atoms with Crippen molar-refractivity contribution in [3.63, 3.8) is 0 Å². The van der Waals surface area contributed by atoms with Gasteiger partial charge in [0.15, 0.2) is 0 Å². The lowest BCUT2D eigenvalue weighted by molar-refractivity contribution is -0.137. The minimum atomic E-state index is -0.379. The van der Waals surface area contributed by atoms with E-state index in [1.54, 1.807) is 24.1 Å². The van der Waals surface area contributed by atoms with Gasteiger partial charge in [-0.2, -0.15) is 0 Å². The molecule has 1 amide bonds. The highest BCUT2D eigenvalue weighted by atomic mass is 19.1. The molecule has 1 aromatic carbocycles. The monoisotopic (exact) mass is 253 g/mol. The SMILES string of the molecule is CC(C)C(CO)C(=O)N(C)Cc1ccc(F)cc1. The molecule has 0 spiro atoms. The molecule has 0 fully saturated rings. The van der Waals surface area contributed by atoms with Gasteiger partial charge in [-0.25, -0.2) is 4.39 Å². The molecule has 0 aliphatic carbocycles. The zero-order valence-corrected chi connectivity index (χ0v) is 11.1. The van der Waals surface area contributed by atoms with Gasteiger partial charge in [-0.3, -0.25) is 4.79 Å². The smallest absolute Gasteiger partial charge is 0.228 e. The van der Waals surface area contributed by atoms with Gasteiger partial charge in [0.2, 0.25) is 5.91 Å². The molecule has 1 N–H and O–H groups in total. The average Bonchev–Trinajstić information content (AvgIpc) is 2.32. The maximum atomic E-state index is 12.8. The highest BCUT2D eigenvalue weighted by Gasteiger charge is 2.24. The Kier molecular flexibility index (Phi) is 5.28. The van der Waals surface area contributed by atoms with E-state index in [1.165, 1.54) is 12.1 Å². The summed E-state index contributed by atoms with van der Waals surface area (Å²) in [4.78, 5) is 13.6. The maximum absolute atomic E-state index is 12.8. The van der Waals surface area contributed by atoms with Crippen LogP contribution in [0.4, 0.5) is 4.39 Å². The number of amides is 1. The third-order valence-electron chi connectivity index (χ3n) is 3.03. The average molecular weight is 253 g/mol. The van der Waals surface area contributed by atoms with Gasteiger partial charge >= 0.3 is 0 Å². The standard InChI is InChI=1S/C14H20FNO2/c1-10(2)13(9-17)14(18)16(3)8-11-4-6-12(15)7-5-11/h4-7,10,13,17H,8-9H2,1-3H3. The van der Waals surface area contributed by atoms with Gasteiger partial charge in [0.1, 0.15) is 5.82 Å². The maximum Gasteiger partial charge on any atom is 0.228 e. The third-order valence-corrected chi connectivity index (χ3v) is 3.03. The van der Waals surface area contributed by atoms with Gasteiger partial charge in [-0.05, 0) is 23.6 Å². The highest BCUT2D eigenvalue weighted by Crippen LogP contribution is 2.15. The zero-order chi connectivity index (χ0) is 13.7. The summed E-state index contributed by atoms with van der Waals surface area (Å²) in [6.45, 7) is 4.08. The molecule has 18 heavy (non-hydrogen) atoms. The molecule has 1 atom stereocenters. The van der Waals surface area contributed by atoms with Gasteiger partial charge in [0, 0.05) is 13.6 Å². The van der Waals surface area contributed by atoms with E-state index in [4.69, 9.17) is 0 Å². The second-order valence-corrected chi connectivity index (χ2v) is 4.85. The Morgan fingerprint density at radius 2 is 1.89 bits per heavy atom. The minimum Gasteiger partial charge on any atom is -0.396 e. The first-order valence-electron chi connectivity index (χ1n) is 6.06. The van der Waals surface area contributed by atoms with E-state index in [-0.39, 0.29) is 30.2 Å². The summed E-state index contributed by atoms with van der Waals surface area (Å²) in [6, 6.07) is 6.06. The Balaban J connectivity index is 2.67. The number of rotatable bonds is 5.